The minimum atomic E-state index is -0.00858. The van der Waals surface area contributed by atoms with Crippen molar-refractivity contribution in [2.24, 2.45) is 0 Å². The van der Waals surface area contributed by atoms with Gasteiger partial charge in [-0.05, 0) is 22.6 Å². The summed E-state index contributed by atoms with van der Waals surface area (Å²) in [6, 6.07) is 0. The summed E-state index contributed by atoms with van der Waals surface area (Å²) in [5.74, 6) is 0.643. The Hall–Kier alpha value is -0.300. The summed E-state index contributed by atoms with van der Waals surface area (Å²) in [7, 11) is 0. The third kappa shape index (κ3) is 2.20. The number of halogens is 1. The largest absolute Gasteiger partial charge is 0.394 e. The number of nitrogens with zero attached hydrogens (tertiary/aromatic N) is 2. The molecule has 0 unspecified atom stereocenters. The number of anilines is 1. The highest BCUT2D eigenvalue weighted by molar-refractivity contribution is 14.1. The zero-order valence-corrected chi connectivity index (χ0v) is 10.9. The van der Waals surface area contributed by atoms with E-state index in [9.17, 15) is 0 Å². The Labute approximate surface area is 97.6 Å². The molecule has 0 saturated heterocycles. The molecule has 0 radical (unpaired) electrons. The van der Waals surface area contributed by atoms with Crippen LogP contribution in [0.3, 0.4) is 0 Å². The van der Waals surface area contributed by atoms with Crippen molar-refractivity contribution in [2.75, 3.05) is 12.3 Å². The summed E-state index contributed by atoms with van der Waals surface area (Å²) in [5, 5.41) is 13.2. The molecule has 0 aromatic carbocycles. The van der Waals surface area contributed by atoms with Crippen LogP contribution < -0.4 is 5.73 Å². The van der Waals surface area contributed by atoms with Gasteiger partial charge in [0.05, 0.1) is 22.4 Å². The number of rotatable bonds is 2. The Morgan fingerprint density at radius 1 is 1.50 bits per heavy atom. The lowest BCUT2D eigenvalue weighted by Gasteiger charge is -2.15. The lowest BCUT2D eigenvalue weighted by Crippen LogP contribution is -2.14. The molecule has 0 bridgehead atoms. The summed E-state index contributed by atoms with van der Waals surface area (Å²) in [6.07, 6.45) is 0. The molecule has 0 saturated carbocycles. The van der Waals surface area contributed by atoms with Crippen molar-refractivity contribution >= 4 is 28.4 Å². The van der Waals surface area contributed by atoms with Gasteiger partial charge in [-0.1, -0.05) is 20.8 Å². The van der Waals surface area contributed by atoms with E-state index in [4.69, 9.17) is 10.8 Å². The first kappa shape index (κ1) is 11.8. The molecule has 4 nitrogen and oxygen atoms in total. The van der Waals surface area contributed by atoms with Gasteiger partial charge in [0.2, 0.25) is 0 Å². The molecule has 0 aliphatic rings. The van der Waals surface area contributed by atoms with Gasteiger partial charge in [0.1, 0.15) is 5.82 Å². The van der Waals surface area contributed by atoms with Crippen LogP contribution in [-0.2, 0) is 12.0 Å². The standard InChI is InChI=1S/C9H16IN3O/c1-9(2,3)7-6(10)8(11)13(12-7)4-5-14/h14H,4-5,11H2,1-3H3. The van der Waals surface area contributed by atoms with Crippen LogP contribution in [0.4, 0.5) is 5.82 Å². The van der Waals surface area contributed by atoms with Crippen LogP contribution in [0, 0.1) is 3.57 Å². The van der Waals surface area contributed by atoms with Crippen LogP contribution in [0.25, 0.3) is 0 Å². The van der Waals surface area contributed by atoms with Gasteiger partial charge in [0.25, 0.3) is 0 Å². The molecule has 1 rings (SSSR count). The van der Waals surface area contributed by atoms with Gasteiger partial charge in [-0.3, -0.25) is 0 Å². The maximum atomic E-state index is 8.83. The van der Waals surface area contributed by atoms with Gasteiger partial charge in [-0.25, -0.2) is 4.68 Å². The van der Waals surface area contributed by atoms with Gasteiger partial charge < -0.3 is 10.8 Å². The second kappa shape index (κ2) is 4.06. The SMILES string of the molecule is CC(C)(C)c1nn(CCO)c(N)c1I. The molecule has 0 spiro atoms. The van der Waals surface area contributed by atoms with Crippen molar-refractivity contribution in [1.82, 2.24) is 9.78 Å². The quantitative estimate of drug-likeness (QED) is 0.811. The Kier molecular flexibility index (Phi) is 3.41. The second-order valence-electron chi connectivity index (χ2n) is 4.24. The average molecular weight is 309 g/mol. The number of nitrogens with two attached hydrogens (primary N) is 1. The number of hydrogen-bond acceptors (Lipinski definition) is 3. The maximum Gasteiger partial charge on any atom is 0.135 e. The fourth-order valence-electron chi connectivity index (χ4n) is 1.20. The van der Waals surface area contributed by atoms with E-state index in [0.29, 0.717) is 12.4 Å². The minimum absolute atomic E-state index is 0.00858. The molecular weight excluding hydrogens is 293 g/mol. The molecule has 1 aromatic rings. The first-order valence-corrected chi connectivity index (χ1v) is 5.59. The molecule has 14 heavy (non-hydrogen) atoms. The fourth-order valence-corrected chi connectivity index (χ4v) is 2.39. The zero-order valence-electron chi connectivity index (χ0n) is 8.71. The highest BCUT2D eigenvalue weighted by Crippen LogP contribution is 2.29. The third-order valence-electron chi connectivity index (χ3n) is 1.95. The van der Waals surface area contributed by atoms with Crippen LogP contribution >= 0.6 is 22.6 Å². The number of hydrogen-bond donors (Lipinski definition) is 2. The lowest BCUT2D eigenvalue weighted by atomic mass is 9.92. The number of aliphatic hydroxyl groups is 1. The predicted octanol–water partition coefficient (Wildman–Crippen LogP) is 1.36. The van der Waals surface area contributed by atoms with Crippen molar-refractivity contribution < 1.29 is 5.11 Å². The summed E-state index contributed by atoms with van der Waals surface area (Å²) in [6.45, 7) is 6.81. The molecule has 1 aromatic heterocycles. The monoisotopic (exact) mass is 309 g/mol. The van der Waals surface area contributed by atoms with Crippen LogP contribution in [0.15, 0.2) is 0 Å². The number of aromatic nitrogens is 2. The van der Waals surface area contributed by atoms with Crippen molar-refractivity contribution in [1.29, 1.82) is 0 Å². The highest BCUT2D eigenvalue weighted by atomic mass is 127. The molecule has 5 heteroatoms. The second-order valence-corrected chi connectivity index (χ2v) is 5.32. The van der Waals surface area contributed by atoms with Crippen molar-refractivity contribution in [3.05, 3.63) is 9.26 Å². The predicted molar refractivity (Wildman–Crippen MR) is 65.1 cm³/mol. The number of nitrogen functional groups attached to an aromatic ring is 1. The Morgan fingerprint density at radius 3 is 2.43 bits per heavy atom. The van der Waals surface area contributed by atoms with Gasteiger partial charge in [0, 0.05) is 5.41 Å². The van der Waals surface area contributed by atoms with Crippen LogP contribution in [0.2, 0.25) is 0 Å². The molecule has 0 atom stereocenters. The van der Waals surface area contributed by atoms with Crippen LogP contribution in [-0.4, -0.2) is 21.5 Å². The minimum Gasteiger partial charge on any atom is -0.394 e. The summed E-state index contributed by atoms with van der Waals surface area (Å²) >= 11 is 2.20. The molecular formula is C9H16IN3O. The fraction of sp³-hybridized carbons (Fsp3) is 0.667. The first-order chi connectivity index (χ1) is 6.38. The van der Waals surface area contributed by atoms with Crippen LogP contribution in [0.5, 0.6) is 0 Å². The Morgan fingerprint density at radius 2 is 2.07 bits per heavy atom. The topological polar surface area (TPSA) is 64.1 Å². The van der Waals surface area contributed by atoms with Crippen molar-refractivity contribution in [3.63, 3.8) is 0 Å². The van der Waals surface area contributed by atoms with E-state index in [1.807, 2.05) is 0 Å². The molecule has 0 amide bonds. The van der Waals surface area contributed by atoms with E-state index < -0.39 is 0 Å². The van der Waals surface area contributed by atoms with Gasteiger partial charge in [-0.2, -0.15) is 5.10 Å². The molecule has 0 aliphatic heterocycles. The van der Waals surface area contributed by atoms with E-state index in [-0.39, 0.29) is 12.0 Å². The lowest BCUT2D eigenvalue weighted by molar-refractivity contribution is 0.269. The molecule has 0 aliphatic carbocycles. The van der Waals surface area contributed by atoms with E-state index >= 15 is 0 Å². The Balaban J connectivity index is 3.15. The van der Waals surface area contributed by atoms with E-state index in [1.165, 1.54) is 0 Å². The average Bonchev–Trinajstić information content (AvgIpc) is 2.32. The van der Waals surface area contributed by atoms with Crippen LogP contribution in [0.1, 0.15) is 26.5 Å². The molecule has 1 heterocycles. The highest BCUT2D eigenvalue weighted by Gasteiger charge is 2.23. The Bertz CT molecular complexity index is 328. The number of aliphatic hydroxyl groups excluding tert-OH is 1. The third-order valence-corrected chi connectivity index (χ3v) is 3.02. The summed E-state index contributed by atoms with van der Waals surface area (Å²) in [4.78, 5) is 0. The smallest absolute Gasteiger partial charge is 0.135 e. The summed E-state index contributed by atoms with van der Waals surface area (Å²) in [5.41, 5.74) is 6.85. The van der Waals surface area contributed by atoms with Crippen molar-refractivity contribution in [3.8, 4) is 0 Å². The molecule has 3 N–H and O–H groups in total. The van der Waals surface area contributed by atoms with E-state index in [1.54, 1.807) is 4.68 Å². The van der Waals surface area contributed by atoms with E-state index in [2.05, 4.69) is 48.5 Å². The summed E-state index contributed by atoms with van der Waals surface area (Å²) < 4.78 is 2.64. The van der Waals surface area contributed by atoms with E-state index in [0.717, 1.165) is 9.26 Å². The van der Waals surface area contributed by atoms with Gasteiger partial charge in [-0.15, -0.1) is 0 Å². The molecule has 0 fully saturated rings. The van der Waals surface area contributed by atoms with Gasteiger partial charge >= 0.3 is 0 Å². The molecule has 80 valence electrons. The van der Waals surface area contributed by atoms with Gasteiger partial charge in [0.15, 0.2) is 0 Å². The van der Waals surface area contributed by atoms with Crippen molar-refractivity contribution in [2.45, 2.75) is 32.7 Å². The normalized spacial score (nSPS) is 12.1. The maximum absolute atomic E-state index is 8.83. The first-order valence-electron chi connectivity index (χ1n) is 4.51. The zero-order chi connectivity index (χ0) is 10.9.